The molecule has 12 heavy (non-hydrogen) atoms. The maximum Gasteiger partial charge on any atom is 0.150 e. The molecule has 2 nitrogen and oxygen atoms in total. The third-order valence-electron chi connectivity index (χ3n) is 2.16. The second kappa shape index (κ2) is 5.57. The van der Waals surface area contributed by atoms with Crippen LogP contribution in [0, 0.1) is 0 Å². The predicted molar refractivity (Wildman–Crippen MR) is 53.1 cm³/mol. The quantitative estimate of drug-likeness (QED) is 0.639. The SMILES string of the molecule is CC.CS(=O)(=O)C1CCCCC1. The van der Waals surface area contributed by atoms with Crippen LogP contribution in [0.15, 0.2) is 0 Å². The van der Waals surface area contributed by atoms with Crippen molar-refractivity contribution in [3.63, 3.8) is 0 Å². The molecule has 0 spiro atoms. The minimum absolute atomic E-state index is 0.0266. The van der Waals surface area contributed by atoms with Gasteiger partial charge in [0.05, 0.1) is 5.25 Å². The number of rotatable bonds is 1. The monoisotopic (exact) mass is 192 g/mol. The standard InChI is InChI=1S/C7H14O2S.C2H6/c1-10(8,9)7-5-3-2-4-6-7;1-2/h7H,2-6H2,1H3;1-2H3. The van der Waals surface area contributed by atoms with Crippen LogP contribution in [0.25, 0.3) is 0 Å². The van der Waals surface area contributed by atoms with E-state index in [4.69, 9.17) is 0 Å². The lowest BCUT2D eigenvalue weighted by Gasteiger charge is -2.19. The number of hydrogen-bond acceptors (Lipinski definition) is 2. The second-order valence-electron chi connectivity index (χ2n) is 3.09. The van der Waals surface area contributed by atoms with E-state index in [9.17, 15) is 8.42 Å². The Hall–Kier alpha value is -0.0500. The molecule has 1 saturated carbocycles. The van der Waals surface area contributed by atoms with Gasteiger partial charge in [-0.25, -0.2) is 8.42 Å². The van der Waals surface area contributed by atoms with E-state index in [1.807, 2.05) is 13.8 Å². The van der Waals surface area contributed by atoms with Crippen molar-refractivity contribution in [1.29, 1.82) is 0 Å². The first-order valence-corrected chi connectivity index (χ1v) is 6.75. The maximum absolute atomic E-state index is 11.0. The van der Waals surface area contributed by atoms with Crippen LogP contribution >= 0.6 is 0 Å². The highest BCUT2D eigenvalue weighted by molar-refractivity contribution is 7.91. The van der Waals surface area contributed by atoms with Gasteiger partial charge in [-0.1, -0.05) is 33.1 Å². The number of hydrogen-bond donors (Lipinski definition) is 0. The summed E-state index contributed by atoms with van der Waals surface area (Å²) in [6.07, 6.45) is 6.53. The molecule has 0 aliphatic heterocycles. The van der Waals surface area contributed by atoms with Crippen molar-refractivity contribution in [2.45, 2.75) is 51.2 Å². The van der Waals surface area contributed by atoms with Crippen molar-refractivity contribution in [3.8, 4) is 0 Å². The summed E-state index contributed by atoms with van der Waals surface area (Å²) in [6.45, 7) is 4.00. The predicted octanol–water partition coefficient (Wildman–Crippen LogP) is 2.39. The van der Waals surface area contributed by atoms with Gasteiger partial charge in [-0.2, -0.15) is 0 Å². The van der Waals surface area contributed by atoms with Crippen molar-refractivity contribution < 1.29 is 8.42 Å². The summed E-state index contributed by atoms with van der Waals surface area (Å²) in [6, 6.07) is 0. The van der Waals surface area contributed by atoms with Crippen molar-refractivity contribution in [1.82, 2.24) is 0 Å². The molecular formula is C9H20O2S. The van der Waals surface area contributed by atoms with Crippen LogP contribution in [-0.2, 0) is 9.84 Å². The molecule has 0 aromatic heterocycles. The summed E-state index contributed by atoms with van der Waals surface area (Å²) in [5.74, 6) is 0. The third kappa shape index (κ3) is 4.10. The Kier molecular flexibility index (Phi) is 5.55. The van der Waals surface area contributed by atoms with Gasteiger partial charge in [-0.3, -0.25) is 0 Å². The summed E-state index contributed by atoms with van der Waals surface area (Å²) < 4.78 is 22.0. The molecule has 0 bridgehead atoms. The van der Waals surface area contributed by atoms with Crippen LogP contribution in [0.5, 0.6) is 0 Å². The van der Waals surface area contributed by atoms with Gasteiger partial charge in [0, 0.05) is 6.26 Å². The third-order valence-corrected chi connectivity index (χ3v) is 3.84. The fraction of sp³-hybridized carbons (Fsp3) is 1.00. The Labute approximate surface area is 76.3 Å². The molecule has 0 N–H and O–H groups in total. The fourth-order valence-electron chi connectivity index (χ4n) is 1.49. The summed E-state index contributed by atoms with van der Waals surface area (Å²) in [5.41, 5.74) is 0. The normalized spacial score (nSPS) is 19.6. The van der Waals surface area contributed by atoms with Gasteiger partial charge in [-0.05, 0) is 12.8 Å². The second-order valence-corrected chi connectivity index (χ2v) is 5.42. The lowest BCUT2D eigenvalue weighted by Crippen LogP contribution is -2.22. The molecule has 1 aliphatic rings. The summed E-state index contributed by atoms with van der Waals surface area (Å²) in [5, 5.41) is -0.0266. The van der Waals surface area contributed by atoms with Crippen molar-refractivity contribution >= 4 is 9.84 Å². The van der Waals surface area contributed by atoms with Gasteiger partial charge in [0.1, 0.15) is 9.84 Å². The zero-order valence-corrected chi connectivity index (χ0v) is 9.15. The molecule has 1 rings (SSSR count). The van der Waals surface area contributed by atoms with Crippen LogP contribution in [0.2, 0.25) is 0 Å². The van der Waals surface area contributed by atoms with E-state index >= 15 is 0 Å². The molecule has 0 unspecified atom stereocenters. The maximum atomic E-state index is 11.0. The molecule has 0 heterocycles. The van der Waals surface area contributed by atoms with Crippen LogP contribution in [0.4, 0.5) is 0 Å². The summed E-state index contributed by atoms with van der Waals surface area (Å²) in [4.78, 5) is 0. The highest BCUT2D eigenvalue weighted by Gasteiger charge is 2.22. The van der Waals surface area contributed by atoms with E-state index in [2.05, 4.69) is 0 Å². The topological polar surface area (TPSA) is 34.1 Å². The Morgan fingerprint density at radius 3 is 1.67 bits per heavy atom. The van der Waals surface area contributed by atoms with Crippen LogP contribution < -0.4 is 0 Å². The Bertz CT molecular complexity index is 189. The lowest BCUT2D eigenvalue weighted by atomic mass is 10.0. The van der Waals surface area contributed by atoms with Crippen molar-refractivity contribution in [3.05, 3.63) is 0 Å². The first-order valence-electron chi connectivity index (χ1n) is 4.79. The zero-order valence-electron chi connectivity index (χ0n) is 8.34. The molecule has 1 fully saturated rings. The van der Waals surface area contributed by atoms with Crippen molar-refractivity contribution in [2.24, 2.45) is 0 Å². The van der Waals surface area contributed by atoms with E-state index in [1.54, 1.807) is 0 Å². The molecule has 0 saturated heterocycles. The van der Waals surface area contributed by atoms with E-state index in [0.717, 1.165) is 25.7 Å². The minimum Gasteiger partial charge on any atom is -0.229 e. The van der Waals surface area contributed by atoms with Crippen LogP contribution in [0.1, 0.15) is 46.0 Å². The van der Waals surface area contributed by atoms with E-state index in [1.165, 1.54) is 12.7 Å². The lowest BCUT2D eigenvalue weighted by molar-refractivity contribution is 0.486. The Morgan fingerprint density at radius 2 is 1.42 bits per heavy atom. The molecule has 0 amide bonds. The largest absolute Gasteiger partial charge is 0.229 e. The molecule has 1 aliphatic carbocycles. The van der Waals surface area contributed by atoms with Gasteiger partial charge in [0.2, 0.25) is 0 Å². The number of sulfone groups is 1. The summed E-state index contributed by atoms with van der Waals surface area (Å²) >= 11 is 0. The van der Waals surface area contributed by atoms with E-state index < -0.39 is 9.84 Å². The molecule has 3 heteroatoms. The Morgan fingerprint density at radius 1 is 1.00 bits per heavy atom. The molecule has 0 aromatic carbocycles. The minimum atomic E-state index is -2.73. The molecule has 0 aromatic rings. The highest BCUT2D eigenvalue weighted by Crippen LogP contribution is 2.22. The Balaban J connectivity index is 0.000000561. The van der Waals surface area contributed by atoms with Gasteiger partial charge < -0.3 is 0 Å². The first-order chi connectivity index (χ1) is 5.61. The van der Waals surface area contributed by atoms with Crippen molar-refractivity contribution in [2.75, 3.05) is 6.26 Å². The molecule has 0 radical (unpaired) electrons. The first kappa shape index (κ1) is 11.9. The van der Waals surface area contributed by atoms with Gasteiger partial charge >= 0.3 is 0 Å². The van der Waals surface area contributed by atoms with E-state index in [0.29, 0.717) is 0 Å². The van der Waals surface area contributed by atoms with Crippen LogP contribution in [0.3, 0.4) is 0 Å². The average molecular weight is 192 g/mol. The average Bonchev–Trinajstić information content (AvgIpc) is 2.08. The molecule has 74 valence electrons. The smallest absolute Gasteiger partial charge is 0.150 e. The van der Waals surface area contributed by atoms with E-state index in [-0.39, 0.29) is 5.25 Å². The zero-order chi connectivity index (χ0) is 9.61. The van der Waals surface area contributed by atoms with Gasteiger partial charge in [-0.15, -0.1) is 0 Å². The van der Waals surface area contributed by atoms with Gasteiger partial charge in [0.15, 0.2) is 0 Å². The summed E-state index contributed by atoms with van der Waals surface area (Å²) in [7, 11) is -2.73. The fourth-order valence-corrected chi connectivity index (χ4v) is 2.68. The van der Waals surface area contributed by atoms with Gasteiger partial charge in [0.25, 0.3) is 0 Å². The molecule has 0 atom stereocenters. The highest BCUT2D eigenvalue weighted by atomic mass is 32.2. The van der Waals surface area contributed by atoms with Crippen LogP contribution in [-0.4, -0.2) is 19.9 Å². The molecular weight excluding hydrogens is 172 g/mol.